The van der Waals surface area contributed by atoms with Crippen molar-refractivity contribution in [2.45, 2.75) is 134 Å². The summed E-state index contributed by atoms with van der Waals surface area (Å²) in [5, 5.41) is 18.6. The molecule has 0 saturated heterocycles. The Labute approximate surface area is 240 Å². The SMILES string of the molecule is O=C([O-])CC(=O)[O-].[Li][C](C)(CCCCCC)CCCCCCCCCCCC.[Na+].[Na+]. The second-order valence-corrected chi connectivity index (χ2v) is 8.83. The predicted octanol–water partition coefficient (Wildman–Crippen LogP) is -1.50. The van der Waals surface area contributed by atoms with Gasteiger partial charge >= 0.3 is 197 Å². The van der Waals surface area contributed by atoms with Crippen molar-refractivity contribution in [3.05, 3.63) is 0 Å². The number of carbonyl (C=O) groups is 2. The zero-order valence-corrected chi connectivity index (χ0v) is 25.2. The molecule has 0 aliphatic rings. The van der Waals surface area contributed by atoms with Crippen molar-refractivity contribution in [1.82, 2.24) is 0 Å². The summed E-state index contributed by atoms with van der Waals surface area (Å²) in [6, 6.07) is 0. The van der Waals surface area contributed by atoms with Gasteiger partial charge in [-0.3, -0.25) is 0 Å². The van der Waals surface area contributed by atoms with Gasteiger partial charge < -0.3 is 19.8 Å². The van der Waals surface area contributed by atoms with E-state index in [1.807, 2.05) is 0 Å². The summed E-state index contributed by atoms with van der Waals surface area (Å²) in [5.41, 5.74) is 0. The van der Waals surface area contributed by atoms with E-state index in [-0.39, 0.29) is 59.1 Å². The van der Waals surface area contributed by atoms with Crippen LogP contribution in [0.3, 0.4) is 0 Å². The standard InChI is InChI=1S/C20H41.C3H4O4.Li.2Na/c1-4-6-8-10-11-12-13-14-15-17-19-20(3)18-16-9-7-5-2;4-2(5)1-3(6)7;;;/h4-19H2,1-3H3;1H2,(H,4,5)(H,6,7);;;/q;;;2*+1/p-2. The Balaban J connectivity index is -0.000000323. The first kappa shape index (κ1) is 38.8. The fourth-order valence-electron chi connectivity index (χ4n) is 3.36. The topological polar surface area (TPSA) is 80.3 Å². The summed E-state index contributed by atoms with van der Waals surface area (Å²) in [7, 11) is 0. The number of carboxylic acid groups (broad SMARTS) is 2. The van der Waals surface area contributed by atoms with Gasteiger partial charge in [-0.2, -0.15) is 0 Å². The zero-order chi connectivity index (χ0) is 21.7. The van der Waals surface area contributed by atoms with Crippen molar-refractivity contribution < 1.29 is 78.9 Å². The fraction of sp³-hybridized carbons (Fsp3) is 0.913. The first-order valence-electron chi connectivity index (χ1n) is 11.6. The summed E-state index contributed by atoms with van der Waals surface area (Å²) in [6.45, 7) is 7.08. The van der Waals surface area contributed by atoms with E-state index in [1.165, 1.54) is 103 Å². The quantitative estimate of drug-likeness (QED) is 0.149. The van der Waals surface area contributed by atoms with Crippen LogP contribution in [0.15, 0.2) is 0 Å². The maximum atomic E-state index is 9.28. The van der Waals surface area contributed by atoms with Crippen LogP contribution in [0.1, 0.15) is 130 Å². The van der Waals surface area contributed by atoms with Crippen LogP contribution in [-0.2, 0) is 9.59 Å². The minimum Gasteiger partial charge on any atom is -0.0654 e. The van der Waals surface area contributed by atoms with E-state index in [4.69, 9.17) is 0 Å². The third kappa shape index (κ3) is 36.9. The van der Waals surface area contributed by atoms with Crippen molar-refractivity contribution in [3.8, 4) is 0 Å². The van der Waals surface area contributed by atoms with Gasteiger partial charge in [0.1, 0.15) is 0 Å². The van der Waals surface area contributed by atoms with Crippen molar-refractivity contribution in [2.75, 3.05) is 0 Å². The van der Waals surface area contributed by atoms with Crippen molar-refractivity contribution in [2.24, 2.45) is 0 Å². The van der Waals surface area contributed by atoms with Gasteiger partial charge in [0.05, 0.1) is 0 Å². The molecule has 0 fully saturated rings. The van der Waals surface area contributed by atoms with Crippen LogP contribution < -0.4 is 69.3 Å². The molecule has 0 bridgehead atoms. The normalized spacial score (nSPS) is 11.9. The molecule has 0 aromatic carbocycles. The maximum absolute atomic E-state index is 9.28. The third-order valence-corrected chi connectivity index (χ3v) is 5.20. The van der Waals surface area contributed by atoms with Gasteiger partial charge in [0.2, 0.25) is 0 Å². The molecule has 4 nitrogen and oxygen atoms in total. The molecule has 1 unspecified atom stereocenters. The van der Waals surface area contributed by atoms with Gasteiger partial charge in [-0.15, -0.1) is 0 Å². The molecule has 0 rings (SSSR count). The van der Waals surface area contributed by atoms with E-state index in [1.54, 1.807) is 0 Å². The van der Waals surface area contributed by atoms with E-state index in [2.05, 4.69) is 38.5 Å². The number of hydrogen-bond donors (Lipinski definition) is 0. The van der Waals surface area contributed by atoms with E-state index < -0.39 is 18.4 Å². The minimum absolute atomic E-state index is 0. The molecule has 0 spiro atoms. The molecular weight excluding hydrogens is 393 g/mol. The number of carbonyl (C=O) groups excluding carboxylic acids is 2. The molecular formula is C23H43LiNa2O4. The van der Waals surface area contributed by atoms with Crippen molar-refractivity contribution in [3.63, 3.8) is 0 Å². The molecule has 0 heterocycles. The fourth-order valence-corrected chi connectivity index (χ4v) is 3.36. The van der Waals surface area contributed by atoms with Gasteiger partial charge in [-0.05, 0) is 0 Å². The molecule has 30 heavy (non-hydrogen) atoms. The van der Waals surface area contributed by atoms with Crippen LogP contribution in [0.5, 0.6) is 0 Å². The molecule has 162 valence electrons. The smallest absolute Gasteiger partial charge is 0.0654 e. The summed E-state index contributed by atoms with van der Waals surface area (Å²) >= 11 is 2.48. The first-order valence-corrected chi connectivity index (χ1v) is 11.6. The molecule has 0 aliphatic heterocycles. The van der Waals surface area contributed by atoms with E-state index in [0.29, 0.717) is 4.09 Å². The minimum atomic E-state index is -1.63. The third-order valence-electron chi connectivity index (χ3n) is 5.20. The number of rotatable bonds is 18. The van der Waals surface area contributed by atoms with E-state index in [9.17, 15) is 19.8 Å². The van der Waals surface area contributed by atoms with E-state index >= 15 is 0 Å². The molecule has 0 aliphatic carbocycles. The second kappa shape index (κ2) is 28.6. The molecule has 0 amide bonds. The van der Waals surface area contributed by atoms with Gasteiger partial charge in [-0.25, -0.2) is 0 Å². The molecule has 0 saturated carbocycles. The summed E-state index contributed by atoms with van der Waals surface area (Å²) in [4.78, 5) is 18.6. The summed E-state index contributed by atoms with van der Waals surface area (Å²) < 4.78 is 0.591. The molecule has 1 atom stereocenters. The number of unbranched alkanes of at least 4 members (excludes halogenated alkanes) is 12. The zero-order valence-electron chi connectivity index (χ0n) is 21.2. The van der Waals surface area contributed by atoms with Crippen LogP contribution in [0.25, 0.3) is 0 Å². The number of hydrogen-bond acceptors (Lipinski definition) is 4. The first-order chi connectivity index (χ1) is 13.2. The number of aliphatic carboxylic acids is 2. The van der Waals surface area contributed by atoms with Crippen LogP contribution in [0.2, 0.25) is 4.09 Å². The Morgan fingerprint density at radius 3 is 1.17 bits per heavy atom. The molecule has 0 aromatic rings. The second-order valence-electron chi connectivity index (χ2n) is 8.83. The van der Waals surface area contributed by atoms with Crippen LogP contribution >= 0.6 is 0 Å². The Morgan fingerprint density at radius 1 is 0.633 bits per heavy atom. The van der Waals surface area contributed by atoms with Gasteiger partial charge in [0, 0.05) is 18.4 Å². The van der Waals surface area contributed by atoms with Crippen LogP contribution in [-0.4, -0.2) is 29.7 Å². The molecule has 0 radical (unpaired) electrons. The molecule has 7 heteroatoms. The summed E-state index contributed by atoms with van der Waals surface area (Å²) in [5.74, 6) is -3.25. The van der Waals surface area contributed by atoms with Gasteiger partial charge in [0.15, 0.2) is 0 Å². The van der Waals surface area contributed by atoms with Crippen LogP contribution in [0, 0.1) is 0 Å². The molecule has 0 aromatic heterocycles. The van der Waals surface area contributed by atoms with Gasteiger partial charge in [-0.1, -0.05) is 6.92 Å². The van der Waals surface area contributed by atoms with Gasteiger partial charge in [0.25, 0.3) is 0 Å². The Hall–Kier alpha value is 1.54. The summed E-state index contributed by atoms with van der Waals surface area (Å²) in [6.07, 6.45) is 22.1. The predicted molar refractivity (Wildman–Crippen MR) is 114 cm³/mol. The van der Waals surface area contributed by atoms with Crippen molar-refractivity contribution >= 4 is 29.7 Å². The Bertz CT molecular complexity index is 368. The average Bonchev–Trinajstić information content (AvgIpc) is 2.60. The number of carboxylic acids is 2. The van der Waals surface area contributed by atoms with E-state index in [0.717, 1.165) is 0 Å². The van der Waals surface area contributed by atoms with Crippen LogP contribution in [0.4, 0.5) is 0 Å². The average molecular weight is 437 g/mol. The monoisotopic (exact) mass is 436 g/mol. The molecule has 0 N–H and O–H groups in total. The Kier molecular flexibility index (Phi) is 36.9. The Morgan fingerprint density at radius 2 is 0.900 bits per heavy atom. The van der Waals surface area contributed by atoms with Crippen molar-refractivity contribution in [1.29, 1.82) is 0 Å².